The summed E-state index contributed by atoms with van der Waals surface area (Å²) in [5.41, 5.74) is 16.0. The number of hydrogen-bond acceptors (Lipinski definition) is 8. The average Bonchev–Trinajstić information content (AvgIpc) is 2.71. The van der Waals surface area contributed by atoms with Crippen LogP contribution >= 0.6 is 11.8 Å². The number of carboxylic acids is 2. The largest absolute Gasteiger partial charge is 0.481 e. The zero-order valence-electron chi connectivity index (χ0n) is 18.6. The third kappa shape index (κ3) is 13.2. The summed E-state index contributed by atoms with van der Waals surface area (Å²) in [6, 6.07) is -4.91. The van der Waals surface area contributed by atoms with Gasteiger partial charge in [-0.25, -0.2) is 4.79 Å². The van der Waals surface area contributed by atoms with Gasteiger partial charge in [0, 0.05) is 6.54 Å². The second kappa shape index (κ2) is 15.7. The van der Waals surface area contributed by atoms with Crippen LogP contribution in [0.5, 0.6) is 0 Å². The second-order valence-corrected chi connectivity index (χ2v) is 8.12. The molecular weight excluding hydrogens is 458 g/mol. The predicted molar refractivity (Wildman–Crippen MR) is 122 cm³/mol. The second-order valence-electron chi connectivity index (χ2n) is 7.14. The molecule has 14 nitrogen and oxygen atoms in total. The highest BCUT2D eigenvalue weighted by Crippen LogP contribution is 2.05. The SMILES string of the molecule is CSCCC(NC(=O)C(CCCN=C(N)N)NC(=O)C(CC(=O)O)NC(=O)C(C)N)C(=O)O. The van der Waals surface area contributed by atoms with Gasteiger partial charge in [0.15, 0.2) is 5.96 Å². The van der Waals surface area contributed by atoms with Crippen LogP contribution in [0, 0.1) is 0 Å². The van der Waals surface area contributed by atoms with E-state index in [1.54, 1.807) is 6.26 Å². The molecule has 188 valence electrons. The molecule has 0 aromatic rings. The summed E-state index contributed by atoms with van der Waals surface area (Å²) in [5, 5.41) is 25.4. The number of guanidine groups is 1. The standard InChI is InChI=1S/C18H33N7O7S/c1-9(19)14(28)25-12(8-13(26)27)16(30)23-10(4-3-6-22-18(20)21)15(29)24-11(17(31)32)5-7-33-2/h9-12H,3-8,19H2,1-2H3,(H,23,30)(H,24,29)(H,25,28)(H,26,27)(H,31,32)(H4,20,21,22). The molecule has 0 saturated carbocycles. The van der Waals surface area contributed by atoms with Crippen molar-refractivity contribution in [3.63, 3.8) is 0 Å². The van der Waals surface area contributed by atoms with Crippen molar-refractivity contribution in [2.45, 2.75) is 56.8 Å². The summed E-state index contributed by atoms with van der Waals surface area (Å²) in [4.78, 5) is 63.7. The van der Waals surface area contributed by atoms with Gasteiger partial charge in [0.05, 0.1) is 12.5 Å². The molecule has 4 unspecified atom stereocenters. The van der Waals surface area contributed by atoms with E-state index in [-0.39, 0.29) is 31.8 Å². The first-order valence-electron chi connectivity index (χ1n) is 10.0. The smallest absolute Gasteiger partial charge is 0.326 e. The van der Waals surface area contributed by atoms with Gasteiger partial charge in [0.1, 0.15) is 18.1 Å². The lowest BCUT2D eigenvalue weighted by atomic mass is 10.1. The normalized spacial score (nSPS) is 14.2. The summed E-state index contributed by atoms with van der Waals surface area (Å²) < 4.78 is 0. The van der Waals surface area contributed by atoms with E-state index in [0.29, 0.717) is 5.75 Å². The molecule has 0 aliphatic rings. The van der Waals surface area contributed by atoms with E-state index in [0.717, 1.165) is 0 Å². The Bertz CT molecular complexity index is 729. The number of aliphatic carboxylic acids is 2. The van der Waals surface area contributed by atoms with Gasteiger partial charge in [-0.1, -0.05) is 0 Å². The van der Waals surface area contributed by atoms with Crippen molar-refractivity contribution in [1.29, 1.82) is 0 Å². The number of carbonyl (C=O) groups is 5. The summed E-state index contributed by atoms with van der Waals surface area (Å²) in [5.74, 6) is -4.77. The fourth-order valence-electron chi connectivity index (χ4n) is 2.50. The Balaban J connectivity index is 5.52. The molecule has 33 heavy (non-hydrogen) atoms. The van der Waals surface area contributed by atoms with Gasteiger partial charge >= 0.3 is 11.9 Å². The van der Waals surface area contributed by atoms with Crippen LogP contribution in [0.25, 0.3) is 0 Å². The van der Waals surface area contributed by atoms with Gasteiger partial charge in [0.25, 0.3) is 0 Å². The first kappa shape index (κ1) is 29.9. The number of carboxylic acid groups (broad SMARTS) is 2. The lowest BCUT2D eigenvalue weighted by Gasteiger charge is -2.24. The minimum Gasteiger partial charge on any atom is -0.481 e. The van der Waals surface area contributed by atoms with Crippen LogP contribution in [0.1, 0.15) is 32.6 Å². The van der Waals surface area contributed by atoms with Crippen molar-refractivity contribution in [2.24, 2.45) is 22.2 Å². The van der Waals surface area contributed by atoms with Crippen molar-refractivity contribution in [1.82, 2.24) is 16.0 Å². The van der Waals surface area contributed by atoms with Crippen molar-refractivity contribution < 1.29 is 34.2 Å². The number of rotatable bonds is 16. The molecule has 0 aromatic heterocycles. The minimum atomic E-state index is -1.50. The number of hydrogen-bond donors (Lipinski definition) is 8. The molecule has 0 spiro atoms. The summed E-state index contributed by atoms with van der Waals surface area (Å²) >= 11 is 1.40. The maximum Gasteiger partial charge on any atom is 0.326 e. The molecule has 0 heterocycles. The number of thioether (sulfide) groups is 1. The number of carbonyl (C=O) groups excluding carboxylic acids is 3. The van der Waals surface area contributed by atoms with Crippen LogP contribution in [-0.4, -0.2) is 88.6 Å². The van der Waals surface area contributed by atoms with Crippen LogP contribution in [-0.2, 0) is 24.0 Å². The Morgan fingerprint density at radius 3 is 1.94 bits per heavy atom. The fourth-order valence-corrected chi connectivity index (χ4v) is 2.97. The number of aliphatic imine (C=N–C) groups is 1. The fraction of sp³-hybridized carbons (Fsp3) is 0.667. The summed E-state index contributed by atoms with van der Waals surface area (Å²) in [7, 11) is 0. The summed E-state index contributed by atoms with van der Waals surface area (Å²) in [6.45, 7) is 1.49. The van der Waals surface area contributed by atoms with Gasteiger partial charge in [-0.3, -0.25) is 24.2 Å². The van der Waals surface area contributed by atoms with Crippen molar-refractivity contribution in [3.05, 3.63) is 0 Å². The number of amides is 3. The Kier molecular flexibility index (Phi) is 14.2. The molecule has 4 atom stereocenters. The van der Waals surface area contributed by atoms with Gasteiger partial charge in [-0.05, 0) is 38.2 Å². The molecule has 11 N–H and O–H groups in total. The van der Waals surface area contributed by atoms with Crippen LogP contribution in [0.2, 0.25) is 0 Å². The zero-order valence-corrected chi connectivity index (χ0v) is 19.4. The number of nitrogens with two attached hydrogens (primary N) is 3. The lowest BCUT2D eigenvalue weighted by Crippen LogP contribution is -2.57. The number of nitrogens with one attached hydrogen (secondary N) is 3. The van der Waals surface area contributed by atoms with E-state index in [4.69, 9.17) is 22.3 Å². The molecule has 3 amide bonds. The first-order valence-corrected chi connectivity index (χ1v) is 11.4. The Morgan fingerprint density at radius 2 is 1.45 bits per heavy atom. The Morgan fingerprint density at radius 1 is 0.909 bits per heavy atom. The van der Waals surface area contributed by atoms with E-state index in [1.165, 1.54) is 18.7 Å². The van der Waals surface area contributed by atoms with Crippen LogP contribution in [0.15, 0.2) is 4.99 Å². The van der Waals surface area contributed by atoms with Crippen molar-refractivity contribution in [2.75, 3.05) is 18.6 Å². The van der Waals surface area contributed by atoms with Crippen molar-refractivity contribution in [3.8, 4) is 0 Å². The maximum atomic E-state index is 12.8. The molecule has 0 saturated heterocycles. The van der Waals surface area contributed by atoms with E-state index in [9.17, 15) is 29.1 Å². The first-order chi connectivity index (χ1) is 15.4. The van der Waals surface area contributed by atoms with Crippen molar-refractivity contribution >= 4 is 47.4 Å². The van der Waals surface area contributed by atoms with E-state index in [2.05, 4.69) is 20.9 Å². The highest BCUT2D eigenvalue weighted by Gasteiger charge is 2.30. The molecule has 15 heteroatoms. The van der Waals surface area contributed by atoms with Crippen LogP contribution < -0.4 is 33.2 Å². The van der Waals surface area contributed by atoms with Crippen LogP contribution in [0.4, 0.5) is 0 Å². The molecule has 0 rings (SSSR count). The zero-order chi connectivity index (χ0) is 25.6. The minimum absolute atomic E-state index is 0.0181. The summed E-state index contributed by atoms with van der Waals surface area (Å²) in [6.07, 6.45) is 1.45. The lowest BCUT2D eigenvalue weighted by molar-refractivity contribution is -0.143. The maximum absolute atomic E-state index is 12.8. The quantitative estimate of drug-likeness (QED) is 0.0619. The molecule has 0 bridgehead atoms. The Hall–Kier alpha value is -3.07. The third-order valence-corrected chi connectivity index (χ3v) is 4.87. The van der Waals surface area contributed by atoms with Gasteiger partial charge in [0.2, 0.25) is 17.7 Å². The van der Waals surface area contributed by atoms with Gasteiger partial charge in [-0.2, -0.15) is 11.8 Å². The monoisotopic (exact) mass is 491 g/mol. The average molecular weight is 492 g/mol. The van der Waals surface area contributed by atoms with E-state index < -0.39 is 60.2 Å². The van der Waals surface area contributed by atoms with Gasteiger partial charge in [-0.15, -0.1) is 0 Å². The predicted octanol–water partition coefficient (Wildman–Crippen LogP) is -2.85. The molecule has 0 fully saturated rings. The highest BCUT2D eigenvalue weighted by molar-refractivity contribution is 7.98. The molecule has 0 aliphatic carbocycles. The molecule has 0 aromatic carbocycles. The van der Waals surface area contributed by atoms with E-state index in [1.807, 2.05) is 0 Å². The molecule has 0 aliphatic heterocycles. The Labute approximate surface area is 195 Å². The molecular formula is C18H33N7O7S. The topological polar surface area (TPSA) is 252 Å². The molecule has 0 radical (unpaired) electrons. The van der Waals surface area contributed by atoms with E-state index >= 15 is 0 Å². The highest BCUT2D eigenvalue weighted by atomic mass is 32.2. The van der Waals surface area contributed by atoms with Gasteiger partial charge < -0.3 is 43.4 Å². The van der Waals surface area contributed by atoms with Crippen LogP contribution in [0.3, 0.4) is 0 Å². The third-order valence-electron chi connectivity index (χ3n) is 4.23. The number of nitrogens with zero attached hydrogens (tertiary/aromatic N) is 1.